The maximum absolute atomic E-state index is 12.4. The lowest BCUT2D eigenvalue weighted by molar-refractivity contribution is 0.0321. The molecule has 0 amide bonds. The first-order chi connectivity index (χ1) is 15.5. The zero-order chi connectivity index (χ0) is 22.8. The van der Waals surface area contributed by atoms with E-state index >= 15 is 0 Å². The third kappa shape index (κ3) is 6.84. The molecule has 32 heavy (non-hydrogen) atoms. The van der Waals surface area contributed by atoms with Crippen LogP contribution in [0.1, 0.15) is 12.5 Å². The summed E-state index contributed by atoms with van der Waals surface area (Å²) in [5.74, 6) is 1.79. The fraction of sp³-hybridized carbons (Fsp3) is 0.409. The largest absolute Gasteiger partial charge is 0.497 e. The molecule has 1 aliphatic heterocycles. The molecule has 0 aromatic heterocycles. The Morgan fingerprint density at radius 3 is 2.53 bits per heavy atom. The number of rotatable bonds is 11. The van der Waals surface area contributed by atoms with Crippen molar-refractivity contribution in [3.05, 3.63) is 48.0 Å². The van der Waals surface area contributed by atoms with Gasteiger partial charge in [0, 0.05) is 19.6 Å². The lowest BCUT2D eigenvalue weighted by atomic mass is 10.2. The van der Waals surface area contributed by atoms with Gasteiger partial charge in [0.1, 0.15) is 12.4 Å². The number of ether oxygens (including phenoxy) is 4. The summed E-state index contributed by atoms with van der Waals surface area (Å²) < 4.78 is 46.7. The molecule has 0 spiro atoms. The van der Waals surface area contributed by atoms with Crippen LogP contribution in [0, 0.1) is 0 Å². The Labute approximate surface area is 189 Å². The van der Waals surface area contributed by atoms with Gasteiger partial charge in [0.25, 0.3) is 10.0 Å². The number of nitrogens with zero attached hydrogens (tertiary/aromatic N) is 2. The van der Waals surface area contributed by atoms with Gasteiger partial charge >= 0.3 is 0 Å². The number of nitrogens with one attached hydrogen (secondary N) is 1. The highest BCUT2D eigenvalue weighted by Crippen LogP contribution is 2.28. The quantitative estimate of drug-likeness (QED) is 0.403. The smallest absolute Gasteiger partial charge is 0.276 e. The average molecular weight is 464 g/mol. The first kappa shape index (κ1) is 23.8. The molecule has 0 atom stereocenters. The van der Waals surface area contributed by atoms with E-state index in [-0.39, 0.29) is 4.90 Å². The van der Waals surface area contributed by atoms with E-state index < -0.39 is 10.0 Å². The number of hydrogen-bond donors (Lipinski definition) is 1. The molecule has 1 fully saturated rings. The molecule has 1 aliphatic rings. The molecule has 10 heteroatoms. The Bertz CT molecular complexity index is 989. The van der Waals surface area contributed by atoms with Crippen LogP contribution in [-0.2, 0) is 14.8 Å². The monoisotopic (exact) mass is 463 g/mol. The van der Waals surface area contributed by atoms with E-state index in [1.165, 1.54) is 25.5 Å². The van der Waals surface area contributed by atoms with Crippen molar-refractivity contribution in [2.75, 3.05) is 53.2 Å². The number of benzene rings is 2. The molecule has 174 valence electrons. The van der Waals surface area contributed by atoms with Crippen LogP contribution >= 0.6 is 0 Å². The predicted molar refractivity (Wildman–Crippen MR) is 121 cm³/mol. The maximum Gasteiger partial charge on any atom is 0.276 e. The topological polar surface area (TPSA) is 98.7 Å². The number of sulfonamides is 1. The summed E-state index contributed by atoms with van der Waals surface area (Å²) in [4.78, 5) is 4.59. The van der Waals surface area contributed by atoms with Crippen LogP contribution in [0.15, 0.2) is 52.5 Å². The highest BCUT2D eigenvalue weighted by molar-refractivity contribution is 7.89. The average Bonchev–Trinajstić information content (AvgIpc) is 2.81. The van der Waals surface area contributed by atoms with Crippen molar-refractivity contribution in [3.8, 4) is 17.2 Å². The van der Waals surface area contributed by atoms with Gasteiger partial charge in [-0.3, -0.25) is 4.90 Å². The van der Waals surface area contributed by atoms with Crippen LogP contribution in [0.5, 0.6) is 17.2 Å². The van der Waals surface area contributed by atoms with E-state index in [1.54, 1.807) is 30.3 Å². The molecular weight excluding hydrogens is 434 g/mol. The first-order valence-electron chi connectivity index (χ1n) is 10.4. The third-order valence-corrected chi connectivity index (χ3v) is 6.03. The molecule has 0 bridgehead atoms. The number of morpholine rings is 1. The van der Waals surface area contributed by atoms with Gasteiger partial charge in [-0.15, -0.1) is 0 Å². The molecule has 0 saturated carbocycles. The van der Waals surface area contributed by atoms with Gasteiger partial charge in [-0.1, -0.05) is 0 Å². The van der Waals surface area contributed by atoms with E-state index in [4.69, 9.17) is 18.9 Å². The van der Waals surface area contributed by atoms with Gasteiger partial charge in [0.15, 0.2) is 11.5 Å². The minimum atomic E-state index is -3.78. The fourth-order valence-electron chi connectivity index (χ4n) is 3.08. The molecule has 0 unspecified atom stereocenters. The summed E-state index contributed by atoms with van der Waals surface area (Å²) in [5.41, 5.74) is 0.673. The Balaban J connectivity index is 1.60. The van der Waals surface area contributed by atoms with E-state index in [9.17, 15) is 8.42 Å². The van der Waals surface area contributed by atoms with Gasteiger partial charge in [-0.05, 0) is 55.0 Å². The summed E-state index contributed by atoms with van der Waals surface area (Å²) in [7, 11) is -2.26. The van der Waals surface area contributed by atoms with E-state index in [0.29, 0.717) is 36.0 Å². The SMILES string of the molecule is CCOc1cc(/C=N\NS(=O)(=O)c2ccc(OC)cc2)ccc1OCCN1CCOCC1. The normalized spacial score (nSPS) is 14.9. The Hall–Kier alpha value is -2.82. The van der Waals surface area contributed by atoms with Gasteiger partial charge in [0.05, 0.1) is 38.0 Å². The molecule has 0 aliphatic carbocycles. The number of hydrazone groups is 1. The second kappa shape index (κ2) is 11.7. The van der Waals surface area contributed by atoms with Crippen LogP contribution in [0.4, 0.5) is 0 Å². The van der Waals surface area contributed by atoms with E-state index in [2.05, 4.69) is 14.8 Å². The zero-order valence-corrected chi connectivity index (χ0v) is 19.1. The molecule has 9 nitrogen and oxygen atoms in total. The minimum absolute atomic E-state index is 0.0921. The highest BCUT2D eigenvalue weighted by Gasteiger charge is 2.13. The Kier molecular flexibility index (Phi) is 8.72. The summed E-state index contributed by atoms with van der Waals surface area (Å²) in [6, 6.07) is 11.4. The van der Waals surface area contributed by atoms with Crippen molar-refractivity contribution in [3.63, 3.8) is 0 Å². The zero-order valence-electron chi connectivity index (χ0n) is 18.3. The fourth-order valence-corrected chi connectivity index (χ4v) is 3.87. The van der Waals surface area contributed by atoms with Crippen molar-refractivity contribution in [2.24, 2.45) is 5.10 Å². The predicted octanol–water partition coefficient (Wildman–Crippen LogP) is 2.12. The number of methoxy groups -OCH3 is 1. The van der Waals surface area contributed by atoms with Crippen LogP contribution in [0.2, 0.25) is 0 Å². The van der Waals surface area contributed by atoms with E-state index in [1.807, 2.05) is 6.92 Å². The molecule has 0 radical (unpaired) electrons. The molecule has 1 saturated heterocycles. The minimum Gasteiger partial charge on any atom is -0.497 e. The second-order valence-corrected chi connectivity index (χ2v) is 8.63. The van der Waals surface area contributed by atoms with Gasteiger partial charge in [0.2, 0.25) is 0 Å². The summed E-state index contributed by atoms with van der Waals surface area (Å²) in [5, 5.41) is 3.88. The molecule has 3 rings (SSSR count). The molecular formula is C22H29N3O6S. The Morgan fingerprint density at radius 2 is 1.84 bits per heavy atom. The van der Waals surface area contributed by atoms with Crippen molar-refractivity contribution < 1.29 is 27.4 Å². The lowest BCUT2D eigenvalue weighted by Gasteiger charge is -2.26. The Morgan fingerprint density at radius 1 is 1.09 bits per heavy atom. The van der Waals surface area contributed by atoms with Crippen LogP contribution in [0.25, 0.3) is 0 Å². The summed E-state index contributed by atoms with van der Waals surface area (Å²) >= 11 is 0. The van der Waals surface area contributed by atoms with Crippen LogP contribution in [0.3, 0.4) is 0 Å². The lowest BCUT2D eigenvalue weighted by Crippen LogP contribution is -2.38. The van der Waals surface area contributed by atoms with Gasteiger partial charge in [-0.2, -0.15) is 13.5 Å². The van der Waals surface area contributed by atoms with Gasteiger partial charge < -0.3 is 18.9 Å². The maximum atomic E-state index is 12.4. The highest BCUT2D eigenvalue weighted by atomic mass is 32.2. The van der Waals surface area contributed by atoms with Crippen LogP contribution in [-0.4, -0.2) is 72.7 Å². The second-order valence-electron chi connectivity index (χ2n) is 6.97. The number of hydrogen-bond acceptors (Lipinski definition) is 8. The summed E-state index contributed by atoms with van der Waals surface area (Å²) in [6.45, 7) is 7.03. The van der Waals surface area contributed by atoms with Crippen molar-refractivity contribution >= 4 is 16.2 Å². The van der Waals surface area contributed by atoms with Gasteiger partial charge in [-0.25, -0.2) is 4.83 Å². The molecule has 1 heterocycles. The molecule has 2 aromatic carbocycles. The molecule has 1 N–H and O–H groups in total. The summed E-state index contributed by atoms with van der Waals surface area (Å²) in [6.07, 6.45) is 1.42. The van der Waals surface area contributed by atoms with Crippen molar-refractivity contribution in [1.29, 1.82) is 0 Å². The van der Waals surface area contributed by atoms with E-state index in [0.717, 1.165) is 32.8 Å². The molecule has 2 aromatic rings. The first-order valence-corrected chi connectivity index (χ1v) is 11.9. The van der Waals surface area contributed by atoms with Crippen LogP contribution < -0.4 is 19.0 Å². The van der Waals surface area contributed by atoms with Crippen molar-refractivity contribution in [1.82, 2.24) is 9.73 Å². The van der Waals surface area contributed by atoms with Crippen molar-refractivity contribution in [2.45, 2.75) is 11.8 Å². The third-order valence-electron chi connectivity index (χ3n) is 4.79. The standard InChI is InChI=1S/C22H29N3O6S/c1-3-30-22-16-18(4-9-21(22)31-15-12-25-10-13-29-14-11-25)17-23-24-32(26,27)20-7-5-19(28-2)6-8-20/h4-9,16-17,24H,3,10-15H2,1-2H3/b23-17-.